The van der Waals surface area contributed by atoms with E-state index in [-0.39, 0.29) is 11.7 Å². The Morgan fingerprint density at radius 2 is 1.50 bits per heavy atom. The second-order valence-corrected chi connectivity index (χ2v) is 9.66. The zero-order valence-electron chi connectivity index (χ0n) is 19.2. The van der Waals surface area contributed by atoms with Crippen LogP contribution in [-0.4, -0.2) is 39.7 Å². The second kappa shape index (κ2) is 10.7. The number of benzene rings is 3. The van der Waals surface area contributed by atoms with Crippen molar-refractivity contribution in [3.8, 4) is 22.5 Å². The number of thioether (sulfide) groups is 1. The number of carbonyl (C=O) groups is 2. The number of ether oxygens (including phenoxy) is 1. The van der Waals surface area contributed by atoms with Crippen molar-refractivity contribution < 1.29 is 14.3 Å². The number of aromatic nitrogens is 3. The topological polar surface area (TPSA) is 94.1 Å². The largest absolute Gasteiger partial charge is 0.465 e. The molecule has 0 aliphatic carbocycles. The molecule has 0 bridgehead atoms. The van der Waals surface area contributed by atoms with Gasteiger partial charge in [0, 0.05) is 11.1 Å². The lowest BCUT2D eigenvalue weighted by atomic mass is 10.1. The average molecular weight is 513 g/mol. The van der Waals surface area contributed by atoms with Crippen molar-refractivity contribution in [2.24, 2.45) is 0 Å². The van der Waals surface area contributed by atoms with Gasteiger partial charge in [-0.15, -0.1) is 0 Å². The summed E-state index contributed by atoms with van der Waals surface area (Å²) in [4.78, 5) is 38.3. The lowest BCUT2D eigenvalue weighted by Gasteiger charge is -2.08. The van der Waals surface area contributed by atoms with Crippen molar-refractivity contribution in [3.05, 3.63) is 90.5 Å². The van der Waals surface area contributed by atoms with Crippen LogP contribution in [-0.2, 0) is 9.53 Å². The number of rotatable bonds is 7. The Morgan fingerprint density at radius 1 is 0.861 bits per heavy atom. The van der Waals surface area contributed by atoms with E-state index >= 15 is 0 Å². The highest BCUT2D eigenvalue weighted by molar-refractivity contribution is 7.99. The van der Waals surface area contributed by atoms with Crippen LogP contribution in [0.2, 0.25) is 0 Å². The summed E-state index contributed by atoms with van der Waals surface area (Å²) in [6.07, 6.45) is 0. The highest BCUT2D eigenvalue weighted by Crippen LogP contribution is 2.29. The third-order valence-electron chi connectivity index (χ3n) is 5.23. The molecule has 0 saturated heterocycles. The van der Waals surface area contributed by atoms with Crippen molar-refractivity contribution in [2.75, 3.05) is 18.2 Å². The summed E-state index contributed by atoms with van der Waals surface area (Å²) >= 11 is 2.56. The van der Waals surface area contributed by atoms with E-state index in [1.807, 2.05) is 66.7 Å². The maximum atomic E-state index is 12.7. The first-order valence-corrected chi connectivity index (χ1v) is 12.8. The van der Waals surface area contributed by atoms with Gasteiger partial charge in [0.05, 0.1) is 40.0 Å². The Hall–Kier alpha value is -4.08. The van der Waals surface area contributed by atoms with Crippen LogP contribution < -0.4 is 5.32 Å². The molecule has 36 heavy (non-hydrogen) atoms. The smallest absolute Gasteiger partial charge is 0.337 e. The fourth-order valence-electron chi connectivity index (χ4n) is 3.51. The molecule has 7 nitrogen and oxygen atoms in total. The van der Waals surface area contributed by atoms with Gasteiger partial charge in [0.15, 0.2) is 10.3 Å². The molecule has 0 aliphatic rings. The van der Waals surface area contributed by atoms with Gasteiger partial charge in [-0.1, -0.05) is 83.8 Å². The lowest BCUT2D eigenvalue weighted by molar-refractivity contribution is -0.113. The van der Waals surface area contributed by atoms with E-state index in [1.165, 1.54) is 30.2 Å². The van der Waals surface area contributed by atoms with Gasteiger partial charge in [-0.3, -0.25) is 4.79 Å². The summed E-state index contributed by atoms with van der Waals surface area (Å²) in [6.45, 7) is 0. The summed E-state index contributed by atoms with van der Waals surface area (Å²) in [5.41, 5.74) is 4.67. The minimum Gasteiger partial charge on any atom is -0.465 e. The summed E-state index contributed by atoms with van der Waals surface area (Å²) in [6, 6.07) is 26.8. The molecule has 0 radical (unpaired) electrons. The van der Waals surface area contributed by atoms with Crippen LogP contribution >= 0.6 is 23.1 Å². The molecule has 0 fully saturated rings. The van der Waals surface area contributed by atoms with Crippen molar-refractivity contribution in [3.63, 3.8) is 0 Å². The average Bonchev–Trinajstić information content (AvgIpc) is 3.33. The number of anilines is 1. The predicted octanol–water partition coefficient (Wildman–Crippen LogP) is 5.94. The summed E-state index contributed by atoms with van der Waals surface area (Å²) < 4.78 is 5.55. The number of nitrogens with zero attached hydrogens (tertiary/aromatic N) is 3. The molecule has 3 aromatic carbocycles. The normalized spacial score (nSPS) is 10.8. The monoisotopic (exact) mass is 512 g/mol. The van der Waals surface area contributed by atoms with Gasteiger partial charge in [-0.2, -0.15) is 0 Å². The number of nitrogens with one attached hydrogen (secondary N) is 1. The van der Waals surface area contributed by atoms with E-state index < -0.39 is 5.97 Å². The fourth-order valence-corrected chi connectivity index (χ4v) is 5.09. The number of methoxy groups -OCH3 is 1. The number of carbonyl (C=O) groups excluding carboxylic acids is 2. The van der Waals surface area contributed by atoms with Crippen LogP contribution in [0.15, 0.2) is 90.1 Å². The zero-order valence-corrected chi connectivity index (χ0v) is 20.8. The quantitative estimate of drug-likeness (QED) is 0.164. The predicted molar refractivity (Wildman–Crippen MR) is 143 cm³/mol. The molecule has 0 unspecified atom stereocenters. The minimum absolute atomic E-state index is 0.121. The van der Waals surface area contributed by atoms with Crippen molar-refractivity contribution in [2.45, 2.75) is 5.16 Å². The highest BCUT2D eigenvalue weighted by Gasteiger charge is 2.14. The Labute approximate surface area is 215 Å². The molecule has 0 atom stereocenters. The van der Waals surface area contributed by atoms with Crippen LogP contribution in [0.3, 0.4) is 0 Å². The second-order valence-electron chi connectivity index (χ2n) is 7.68. The van der Waals surface area contributed by atoms with Crippen LogP contribution in [0.25, 0.3) is 32.7 Å². The molecule has 2 aromatic heterocycles. The Kier molecular flexibility index (Phi) is 7.01. The van der Waals surface area contributed by atoms with E-state index in [1.54, 1.807) is 18.2 Å². The van der Waals surface area contributed by atoms with Crippen molar-refractivity contribution >= 4 is 50.3 Å². The van der Waals surface area contributed by atoms with E-state index in [2.05, 4.69) is 10.3 Å². The number of esters is 1. The maximum Gasteiger partial charge on any atom is 0.337 e. The Morgan fingerprint density at radius 3 is 2.11 bits per heavy atom. The first-order valence-electron chi connectivity index (χ1n) is 11.0. The van der Waals surface area contributed by atoms with Crippen LogP contribution in [0.5, 0.6) is 0 Å². The Bertz CT molecular complexity index is 1480. The molecule has 5 aromatic rings. The summed E-state index contributed by atoms with van der Waals surface area (Å²) in [5.74, 6) is -0.516. The molecule has 2 heterocycles. The molecule has 178 valence electrons. The van der Waals surface area contributed by atoms with E-state index in [9.17, 15) is 9.59 Å². The third-order valence-corrected chi connectivity index (χ3v) is 7.01. The van der Waals surface area contributed by atoms with Gasteiger partial charge in [0.2, 0.25) is 5.91 Å². The van der Waals surface area contributed by atoms with Gasteiger partial charge in [0.25, 0.3) is 0 Å². The number of hydrogen-bond acceptors (Lipinski definition) is 8. The summed E-state index contributed by atoms with van der Waals surface area (Å²) in [5, 5.41) is 3.80. The molecule has 0 spiro atoms. The third kappa shape index (κ3) is 5.42. The van der Waals surface area contributed by atoms with Crippen molar-refractivity contribution in [1.29, 1.82) is 0 Å². The first-order chi connectivity index (χ1) is 17.6. The molecule has 5 rings (SSSR count). The van der Waals surface area contributed by atoms with Gasteiger partial charge in [0.1, 0.15) is 0 Å². The van der Waals surface area contributed by atoms with Crippen LogP contribution in [0.4, 0.5) is 5.13 Å². The lowest BCUT2D eigenvalue weighted by Crippen LogP contribution is -2.14. The van der Waals surface area contributed by atoms with E-state index in [4.69, 9.17) is 14.7 Å². The van der Waals surface area contributed by atoms with Gasteiger partial charge in [-0.25, -0.2) is 19.7 Å². The molecule has 0 aliphatic heterocycles. The molecular weight excluding hydrogens is 492 g/mol. The van der Waals surface area contributed by atoms with E-state index in [0.717, 1.165) is 27.2 Å². The number of fused-ring (bicyclic) bond motifs is 1. The van der Waals surface area contributed by atoms with Gasteiger partial charge < -0.3 is 10.1 Å². The fraction of sp³-hybridized carbons (Fsp3) is 0.0741. The van der Waals surface area contributed by atoms with Gasteiger partial charge in [-0.05, 0) is 24.3 Å². The molecule has 0 saturated carbocycles. The molecule has 1 amide bonds. The zero-order chi connectivity index (χ0) is 24.9. The van der Waals surface area contributed by atoms with Crippen molar-refractivity contribution in [1.82, 2.24) is 15.0 Å². The highest BCUT2D eigenvalue weighted by atomic mass is 32.2. The Balaban J connectivity index is 1.33. The molecule has 9 heteroatoms. The maximum absolute atomic E-state index is 12.7. The minimum atomic E-state index is -0.417. The summed E-state index contributed by atoms with van der Waals surface area (Å²) in [7, 11) is 1.34. The number of amides is 1. The molecule has 1 N–H and O–H groups in total. The van der Waals surface area contributed by atoms with Crippen LogP contribution in [0, 0.1) is 0 Å². The standard InChI is InChI=1S/C27H20N4O3S2/c1-34-25(33)19-12-13-20-23(14-19)36-27(28-20)31-24(32)16-35-26-29-21(17-8-4-2-5-9-17)15-22(30-26)18-10-6-3-7-11-18/h2-15H,16H2,1H3,(H,28,31,32). The van der Waals surface area contributed by atoms with Crippen LogP contribution in [0.1, 0.15) is 10.4 Å². The van der Waals surface area contributed by atoms with Gasteiger partial charge >= 0.3 is 5.97 Å². The SMILES string of the molecule is COC(=O)c1ccc2nc(NC(=O)CSc3nc(-c4ccccc4)cc(-c4ccccc4)n3)sc2c1. The van der Waals surface area contributed by atoms with E-state index in [0.29, 0.717) is 21.4 Å². The first kappa shape index (κ1) is 23.7. The number of thiazole rings is 1. The molecular formula is C27H20N4O3S2. The number of hydrogen-bond donors (Lipinski definition) is 1.